The molecule has 0 aliphatic heterocycles. The van der Waals surface area contributed by atoms with E-state index in [0.717, 1.165) is 31.4 Å². The van der Waals surface area contributed by atoms with Crippen molar-refractivity contribution < 1.29 is 9.53 Å². The Labute approximate surface area is 137 Å². The Balaban J connectivity index is 1.75. The van der Waals surface area contributed by atoms with Gasteiger partial charge in [0.15, 0.2) is 5.78 Å². The highest BCUT2D eigenvalue weighted by molar-refractivity contribution is 5.94. The number of rotatable bonds is 10. The number of ketones is 1. The summed E-state index contributed by atoms with van der Waals surface area (Å²) in [6.45, 7) is 3.78. The van der Waals surface area contributed by atoms with Crippen LogP contribution in [0.25, 0.3) is 6.08 Å². The summed E-state index contributed by atoms with van der Waals surface area (Å²) in [7, 11) is 0. The maximum absolute atomic E-state index is 11.7. The largest absolute Gasteiger partial charge is 0.373 e. The van der Waals surface area contributed by atoms with Crippen LogP contribution in [0.5, 0.6) is 0 Å². The average Bonchev–Trinajstić information content (AvgIpc) is 3.07. The van der Waals surface area contributed by atoms with Crippen LogP contribution in [-0.4, -0.2) is 28.5 Å². The van der Waals surface area contributed by atoms with Crippen molar-refractivity contribution in [3.63, 3.8) is 0 Å². The topological polar surface area (TPSA) is 44.1 Å². The first kappa shape index (κ1) is 17.2. The third-order valence-corrected chi connectivity index (χ3v) is 3.50. The number of aromatic nitrogens is 2. The fraction of sp³-hybridized carbons (Fsp3) is 0.368. The van der Waals surface area contributed by atoms with Gasteiger partial charge in [-0.2, -0.15) is 0 Å². The number of hydrogen-bond donors (Lipinski definition) is 0. The molecule has 4 nitrogen and oxygen atoms in total. The quantitative estimate of drug-likeness (QED) is 0.496. The van der Waals surface area contributed by atoms with Gasteiger partial charge in [-0.25, -0.2) is 4.98 Å². The SMILES string of the molecule is CCCCCOCC(=O)/C=C/c1ccc(Cn2ccnc2)cc1. The second-order valence-corrected chi connectivity index (χ2v) is 5.54. The summed E-state index contributed by atoms with van der Waals surface area (Å²) in [5.74, 6) is 0.00369. The third kappa shape index (κ3) is 6.61. The first-order valence-corrected chi connectivity index (χ1v) is 8.11. The van der Waals surface area contributed by atoms with Crippen LogP contribution in [0.2, 0.25) is 0 Å². The van der Waals surface area contributed by atoms with E-state index in [1.165, 1.54) is 5.56 Å². The highest BCUT2D eigenvalue weighted by Gasteiger charge is 1.98. The van der Waals surface area contributed by atoms with Crippen molar-refractivity contribution in [2.45, 2.75) is 32.7 Å². The van der Waals surface area contributed by atoms with E-state index in [4.69, 9.17) is 4.74 Å². The van der Waals surface area contributed by atoms with Crippen molar-refractivity contribution in [1.82, 2.24) is 9.55 Å². The molecule has 0 saturated carbocycles. The highest BCUT2D eigenvalue weighted by Crippen LogP contribution is 2.08. The van der Waals surface area contributed by atoms with E-state index >= 15 is 0 Å². The molecule has 0 bridgehead atoms. The second-order valence-electron chi connectivity index (χ2n) is 5.54. The Kier molecular flexibility index (Phi) is 7.27. The molecule has 0 radical (unpaired) electrons. The summed E-state index contributed by atoms with van der Waals surface area (Å²) in [5, 5.41) is 0. The first-order valence-electron chi connectivity index (χ1n) is 8.11. The van der Waals surface area contributed by atoms with Gasteiger partial charge >= 0.3 is 0 Å². The fourth-order valence-corrected chi connectivity index (χ4v) is 2.19. The summed E-state index contributed by atoms with van der Waals surface area (Å²) in [4.78, 5) is 15.7. The third-order valence-electron chi connectivity index (χ3n) is 3.50. The zero-order chi connectivity index (χ0) is 16.3. The minimum atomic E-state index is 0.00369. The maximum atomic E-state index is 11.7. The molecule has 1 aromatic heterocycles. The molecule has 0 N–H and O–H groups in total. The van der Waals surface area contributed by atoms with E-state index in [9.17, 15) is 4.79 Å². The molecule has 0 aliphatic carbocycles. The van der Waals surface area contributed by atoms with Gasteiger partial charge < -0.3 is 9.30 Å². The minimum Gasteiger partial charge on any atom is -0.373 e. The molecule has 2 rings (SSSR count). The van der Waals surface area contributed by atoms with Crippen LogP contribution < -0.4 is 0 Å². The smallest absolute Gasteiger partial charge is 0.181 e. The monoisotopic (exact) mass is 312 g/mol. The summed E-state index contributed by atoms with van der Waals surface area (Å²) >= 11 is 0. The van der Waals surface area contributed by atoms with Crippen LogP contribution >= 0.6 is 0 Å². The van der Waals surface area contributed by atoms with Gasteiger partial charge in [0.25, 0.3) is 0 Å². The van der Waals surface area contributed by atoms with E-state index in [1.54, 1.807) is 18.6 Å². The normalized spacial score (nSPS) is 11.2. The van der Waals surface area contributed by atoms with Crippen molar-refractivity contribution in [2.75, 3.05) is 13.2 Å². The lowest BCUT2D eigenvalue weighted by Crippen LogP contribution is -2.06. The molecular weight excluding hydrogens is 288 g/mol. The molecule has 0 aliphatic rings. The molecule has 0 amide bonds. The van der Waals surface area contributed by atoms with Gasteiger partial charge in [-0.15, -0.1) is 0 Å². The number of carbonyl (C=O) groups is 1. The van der Waals surface area contributed by atoms with Gasteiger partial charge in [0, 0.05) is 25.5 Å². The van der Waals surface area contributed by atoms with Crippen molar-refractivity contribution in [3.05, 3.63) is 60.2 Å². The molecule has 0 fully saturated rings. The van der Waals surface area contributed by atoms with Crippen LogP contribution in [-0.2, 0) is 16.1 Å². The van der Waals surface area contributed by atoms with E-state index in [-0.39, 0.29) is 12.4 Å². The molecule has 2 aromatic rings. The van der Waals surface area contributed by atoms with Crippen LogP contribution in [0.15, 0.2) is 49.1 Å². The van der Waals surface area contributed by atoms with Gasteiger partial charge in [0.2, 0.25) is 0 Å². The van der Waals surface area contributed by atoms with Crippen molar-refractivity contribution in [3.8, 4) is 0 Å². The molecule has 122 valence electrons. The predicted octanol–water partition coefficient (Wildman–Crippen LogP) is 3.72. The van der Waals surface area contributed by atoms with E-state index < -0.39 is 0 Å². The molecule has 1 heterocycles. The van der Waals surface area contributed by atoms with Gasteiger partial charge in [0.05, 0.1) is 6.33 Å². The summed E-state index contributed by atoms with van der Waals surface area (Å²) in [5.41, 5.74) is 2.21. The number of ether oxygens (including phenoxy) is 1. The fourth-order valence-electron chi connectivity index (χ4n) is 2.19. The van der Waals surface area contributed by atoms with E-state index in [1.807, 2.05) is 29.0 Å². The van der Waals surface area contributed by atoms with Gasteiger partial charge in [-0.05, 0) is 23.6 Å². The number of hydrogen-bond acceptors (Lipinski definition) is 3. The summed E-state index contributed by atoms with van der Waals surface area (Å²) < 4.78 is 7.37. The zero-order valence-corrected chi connectivity index (χ0v) is 13.6. The Morgan fingerprint density at radius 2 is 2.09 bits per heavy atom. The van der Waals surface area contributed by atoms with Crippen molar-refractivity contribution in [2.24, 2.45) is 0 Å². The first-order chi connectivity index (χ1) is 11.3. The lowest BCUT2D eigenvalue weighted by atomic mass is 10.1. The summed E-state index contributed by atoms with van der Waals surface area (Å²) in [6, 6.07) is 8.15. The second kappa shape index (κ2) is 9.74. The maximum Gasteiger partial charge on any atom is 0.181 e. The lowest BCUT2D eigenvalue weighted by molar-refractivity contribution is -0.118. The predicted molar refractivity (Wildman–Crippen MR) is 92.2 cm³/mol. The van der Waals surface area contributed by atoms with E-state index in [2.05, 4.69) is 24.0 Å². The number of nitrogens with zero attached hydrogens (tertiary/aromatic N) is 2. The average molecular weight is 312 g/mol. The number of carbonyl (C=O) groups excluding carboxylic acids is 1. The molecule has 0 atom stereocenters. The minimum absolute atomic E-state index is 0.00369. The van der Waals surface area contributed by atoms with Gasteiger partial charge in [-0.3, -0.25) is 4.79 Å². The molecule has 1 aromatic carbocycles. The number of unbranched alkanes of at least 4 members (excludes halogenated alkanes) is 2. The van der Waals surface area contributed by atoms with Crippen LogP contribution in [0.1, 0.15) is 37.3 Å². The Hall–Kier alpha value is -2.20. The van der Waals surface area contributed by atoms with Crippen molar-refractivity contribution in [1.29, 1.82) is 0 Å². The van der Waals surface area contributed by atoms with Gasteiger partial charge in [0.1, 0.15) is 6.61 Å². The molecule has 0 spiro atoms. The number of benzene rings is 1. The summed E-state index contributed by atoms with van der Waals surface area (Å²) in [6.07, 6.45) is 12.3. The molecule has 4 heteroatoms. The van der Waals surface area contributed by atoms with Crippen LogP contribution in [0, 0.1) is 0 Å². The molecule has 0 saturated heterocycles. The van der Waals surface area contributed by atoms with Crippen LogP contribution in [0.4, 0.5) is 0 Å². The molecule has 0 unspecified atom stereocenters. The lowest BCUT2D eigenvalue weighted by Gasteiger charge is -2.03. The van der Waals surface area contributed by atoms with E-state index in [0.29, 0.717) is 6.61 Å². The standard InChI is InChI=1S/C19H24N2O2/c1-2-3-4-13-23-15-19(22)10-9-17-5-7-18(8-6-17)14-21-12-11-20-16-21/h5-12,16H,2-4,13-15H2,1H3/b10-9+. The number of imidazole rings is 1. The zero-order valence-electron chi connectivity index (χ0n) is 13.6. The Bertz CT molecular complexity index is 601. The molecule has 23 heavy (non-hydrogen) atoms. The Morgan fingerprint density at radius 3 is 2.78 bits per heavy atom. The molecular formula is C19H24N2O2. The van der Waals surface area contributed by atoms with Crippen LogP contribution in [0.3, 0.4) is 0 Å². The Morgan fingerprint density at radius 1 is 1.26 bits per heavy atom. The van der Waals surface area contributed by atoms with Gasteiger partial charge in [-0.1, -0.05) is 50.1 Å². The highest BCUT2D eigenvalue weighted by atomic mass is 16.5. The van der Waals surface area contributed by atoms with Crippen molar-refractivity contribution >= 4 is 11.9 Å².